The van der Waals surface area contributed by atoms with Gasteiger partial charge in [-0.15, -0.1) is 0 Å². The second kappa shape index (κ2) is 5.64. The normalized spacial score (nSPS) is 14.2. The van der Waals surface area contributed by atoms with E-state index < -0.39 is 11.4 Å². The monoisotopic (exact) mass is 342 g/mol. The highest BCUT2D eigenvalue weighted by Gasteiger charge is 2.31. The van der Waals surface area contributed by atoms with Gasteiger partial charge in [-0.05, 0) is 38.3 Å². The molecule has 5 heteroatoms. The average Bonchev–Trinajstić information content (AvgIpc) is 2.39. The number of ether oxygens (including phenoxy) is 2. The molecule has 0 saturated heterocycles. The van der Waals surface area contributed by atoms with Gasteiger partial charge in [0.25, 0.3) is 0 Å². The SMILES string of the molecule is CCc1c(CC(C)(C)C(=O)O)c(Br)cc2c1OCCO2. The van der Waals surface area contributed by atoms with Gasteiger partial charge in [0.15, 0.2) is 11.5 Å². The van der Waals surface area contributed by atoms with Crippen molar-refractivity contribution in [2.24, 2.45) is 5.41 Å². The third-order valence-electron chi connectivity index (χ3n) is 3.55. The van der Waals surface area contributed by atoms with Crippen molar-refractivity contribution in [3.05, 3.63) is 21.7 Å². The van der Waals surface area contributed by atoms with Gasteiger partial charge in [0.1, 0.15) is 13.2 Å². The summed E-state index contributed by atoms with van der Waals surface area (Å²) in [7, 11) is 0. The van der Waals surface area contributed by atoms with Crippen molar-refractivity contribution in [2.75, 3.05) is 13.2 Å². The predicted molar refractivity (Wildman–Crippen MR) is 79.6 cm³/mol. The summed E-state index contributed by atoms with van der Waals surface area (Å²) >= 11 is 3.54. The number of rotatable bonds is 4. The molecule has 1 aromatic carbocycles. The van der Waals surface area contributed by atoms with Crippen LogP contribution in [0.3, 0.4) is 0 Å². The van der Waals surface area contributed by atoms with Crippen molar-refractivity contribution in [3.63, 3.8) is 0 Å². The first kappa shape index (κ1) is 15.2. The van der Waals surface area contributed by atoms with Crippen LogP contribution < -0.4 is 9.47 Å². The van der Waals surface area contributed by atoms with Crippen LogP contribution in [0.4, 0.5) is 0 Å². The maximum Gasteiger partial charge on any atom is 0.309 e. The molecule has 4 nitrogen and oxygen atoms in total. The highest BCUT2D eigenvalue weighted by Crippen LogP contribution is 2.42. The summed E-state index contributed by atoms with van der Waals surface area (Å²) in [6.45, 7) is 6.58. The molecule has 1 heterocycles. The second-order valence-electron chi connectivity index (χ2n) is 5.56. The minimum Gasteiger partial charge on any atom is -0.486 e. The maximum absolute atomic E-state index is 11.4. The third-order valence-corrected chi connectivity index (χ3v) is 4.25. The highest BCUT2D eigenvalue weighted by atomic mass is 79.9. The Morgan fingerprint density at radius 1 is 1.35 bits per heavy atom. The minimum atomic E-state index is -0.823. The van der Waals surface area contributed by atoms with Crippen LogP contribution in [-0.2, 0) is 17.6 Å². The summed E-state index contributed by atoms with van der Waals surface area (Å²) in [5.41, 5.74) is 1.20. The van der Waals surface area contributed by atoms with Crippen molar-refractivity contribution in [1.29, 1.82) is 0 Å². The number of carboxylic acids is 1. The standard InChI is InChI=1S/C15H19BrO4/c1-4-9-10(8-15(2,3)14(17)18)11(16)7-12-13(9)20-6-5-19-12/h7H,4-6,8H2,1-3H3,(H,17,18). The zero-order valence-corrected chi connectivity index (χ0v) is 13.5. The van der Waals surface area contributed by atoms with E-state index in [9.17, 15) is 9.90 Å². The highest BCUT2D eigenvalue weighted by molar-refractivity contribution is 9.10. The Kier molecular flexibility index (Phi) is 4.28. The molecule has 0 radical (unpaired) electrons. The molecule has 0 aromatic heterocycles. The molecule has 1 aliphatic rings. The van der Waals surface area contributed by atoms with Crippen molar-refractivity contribution in [3.8, 4) is 11.5 Å². The smallest absolute Gasteiger partial charge is 0.309 e. The van der Waals surface area contributed by atoms with Crippen molar-refractivity contribution < 1.29 is 19.4 Å². The molecule has 1 N–H and O–H groups in total. The number of halogens is 1. The Hall–Kier alpha value is -1.23. The molecular formula is C15H19BrO4. The molecule has 1 aliphatic heterocycles. The van der Waals surface area contributed by atoms with Crippen molar-refractivity contribution in [2.45, 2.75) is 33.6 Å². The summed E-state index contributed by atoms with van der Waals surface area (Å²) in [5.74, 6) is 0.691. The van der Waals surface area contributed by atoms with Crippen LogP contribution in [-0.4, -0.2) is 24.3 Å². The van der Waals surface area contributed by atoms with E-state index in [1.807, 2.05) is 13.0 Å². The van der Waals surface area contributed by atoms with Gasteiger partial charge in [-0.25, -0.2) is 0 Å². The molecule has 2 rings (SSSR count). The first-order chi connectivity index (χ1) is 9.36. The molecule has 0 bridgehead atoms. The lowest BCUT2D eigenvalue weighted by Crippen LogP contribution is -2.27. The summed E-state index contributed by atoms with van der Waals surface area (Å²) in [6.07, 6.45) is 1.22. The molecule has 0 fully saturated rings. The van der Waals surface area contributed by atoms with Crippen LogP contribution in [0.15, 0.2) is 10.5 Å². The lowest BCUT2D eigenvalue weighted by Gasteiger charge is -2.27. The lowest BCUT2D eigenvalue weighted by molar-refractivity contribution is -0.146. The Morgan fingerprint density at radius 3 is 2.60 bits per heavy atom. The van der Waals surface area contributed by atoms with Gasteiger partial charge in [-0.1, -0.05) is 22.9 Å². The quantitative estimate of drug-likeness (QED) is 0.910. The molecule has 0 atom stereocenters. The number of aliphatic carboxylic acids is 1. The van der Waals surface area contributed by atoms with E-state index in [1.165, 1.54) is 0 Å². The van der Waals surface area contributed by atoms with Gasteiger partial charge in [0, 0.05) is 10.0 Å². The van der Waals surface area contributed by atoms with E-state index >= 15 is 0 Å². The van der Waals surface area contributed by atoms with Crippen LogP contribution in [0.1, 0.15) is 31.9 Å². The number of hydrogen-bond acceptors (Lipinski definition) is 3. The second-order valence-corrected chi connectivity index (χ2v) is 6.41. The van der Waals surface area contributed by atoms with Gasteiger partial charge in [-0.3, -0.25) is 4.79 Å². The topological polar surface area (TPSA) is 55.8 Å². The third kappa shape index (κ3) is 2.77. The van der Waals surface area contributed by atoms with Crippen LogP contribution >= 0.6 is 15.9 Å². The Morgan fingerprint density at radius 2 is 2.00 bits per heavy atom. The molecule has 0 amide bonds. The predicted octanol–water partition coefficient (Wildman–Crippen LogP) is 3.44. The Bertz CT molecular complexity index is 537. The fraction of sp³-hybridized carbons (Fsp3) is 0.533. The number of hydrogen-bond donors (Lipinski definition) is 1. The van der Waals surface area contributed by atoms with E-state index in [0.717, 1.165) is 33.5 Å². The summed E-state index contributed by atoms with van der Waals surface area (Å²) in [4.78, 5) is 11.4. The van der Waals surface area contributed by atoms with Gasteiger partial charge >= 0.3 is 5.97 Å². The van der Waals surface area contributed by atoms with Crippen LogP contribution in [0.25, 0.3) is 0 Å². The molecule has 0 aliphatic carbocycles. The van der Waals surface area contributed by atoms with Gasteiger partial charge in [-0.2, -0.15) is 0 Å². The van der Waals surface area contributed by atoms with E-state index in [2.05, 4.69) is 15.9 Å². The molecule has 110 valence electrons. The van der Waals surface area contributed by atoms with Crippen molar-refractivity contribution in [1.82, 2.24) is 0 Å². The fourth-order valence-electron chi connectivity index (χ4n) is 2.34. The van der Waals surface area contributed by atoms with Gasteiger partial charge in [0.05, 0.1) is 5.41 Å². The Labute approximate surface area is 127 Å². The minimum absolute atomic E-state index is 0.447. The summed E-state index contributed by atoms with van der Waals surface area (Å²) < 4.78 is 12.2. The largest absolute Gasteiger partial charge is 0.486 e. The molecule has 1 aromatic rings. The zero-order valence-electron chi connectivity index (χ0n) is 12.0. The van der Waals surface area contributed by atoms with E-state index in [-0.39, 0.29) is 0 Å². The molecule has 0 spiro atoms. The molecule has 0 saturated carbocycles. The fourth-order valence-corrected chi connectivity index (χ4v) is 2.93. The van der Waals surface area contributed by atoms with Crippen LogP contribution in [0.5, 0.6) is 11.5 Å². The van der Waals surface area contributed by atoms with E-state index in [4.69, 9.17) is 9.47 Å². The Balaban J connectivity index is 2.50. The maximum atomic E-state index is 11.4. The van der Waals surface area contributed by atoms with Crippen LogP contribution in [0.2, 0.25) is 0 Å². The van der Waals surface area contributed by atoms with Gasteiger partial charge in [0.2, 0.25) is 0 Å². The molecular weight excluding hydrogens is 324 g/mol. The summed E-state index contributed by atoms with van der Waals surface area (Å²) in [6, 6.07) is 1.88. The number of carboxylic acid groups (broad SMARTS) is 1. The van der Waals surface area contributed by atoms with E-state index in [1.54, 1.807) is 13.8 Å². The zero-order chi connectivity index (χ0) is 14.9. The van der Waals surface area contributed by atoms with Gasteiger partial charge < -0.3 is 14.6 Å². The first-order valence-corrected chi connectivity index (χ1v) is 7.49. The first-order valence-electron chi connectivity index (χ1n) is 6.70. The average molecular weight is 343 g/mol. The number of benzene rings is 1. The van der Waals surface area contributed by atoms with Crippen molar-refractivity contribution >= 4 is 21.9 Å². The van der Waals surface area contributed by atoms with E-state index in [0.29, 0.717) is 19.6 Å². The molecule has 20 heavy (non-hydrogen) atoms. The number of carbonyl (C=O) groups is 1. The van der Waals surface area contributed by atoms with Crippen LogP contribution in [0, 0.1) is 5.41 Å². The lowest BCUT2D eigenvalue weighted by atomic mass is 9.83. The number of fused-ring (bicyclic) bond motifs is 1. The molecule has 0 unspecified atom stereocenters. The summed E-state index contributed by atoms with van der Waals surface area (Å²) in [5, 5.41) is 9.32.